The SMILES string of the molecule is CCOc1cc(/C=C2\SC(=Nc3ccc(Cl)cc3)N(C)C2=O)ccc1OC. The third kappa shape index (κ3) is 4.46. The number of amides is 1. The van der Waals surface area contributed by atoms with Crippen molar-refractivity contribution in [1.29, 1.82) is 0 Å². The molecule has 2 aromatic rings. The predicted molar refractivity (Wildman–Crippen MR) is 111 cm³/mol. The van der Waals surface area contributed by atoms with Crippen molar-refractivity contribution in [2.45, 2.75) is 6.92 Å². The van der Waals surface area contributed by atoms with Gasteiger partial charge in [0.05, 0.1) is 24.3 Å². The second-order valence-electron chi connectivity index (χ2n) is 5.69. The number of nitrogens with zero attached hydrogens (tertiary/aromatic N) is 2. The number of rotatable bonds is 5. The van der Waals surface area contributed by atoms with Crippen molar-refractivity contribution in [3.8, 4) is 11.5 Å². The lowest BCUT2D eigenvalue weighted by Crippen LogP contribution is -2.23. The van der Waals surface area contributed by atoms with Gasteiger partial charge in [-0.1, -0.05) is 17.7 Å². The molecular formula is C20H19ClN2O3S. The Morgan fingerprint density at radius 3 is 2.59 bits per heavy atom. The van der Waals surface area contributed by atoms with Gasteiger partial charge in [-0.05, 0) is 66.7 Å². The number of hydrogen-bond acceptors (Lipinski definition) is 5. The second-order valence-corrected chi connectivity index (χ2v) is 7.13. The molecule has 1 aliphatic heterocycles. The van der Waals surface area contributed by atoms with Crippen molar-refractivity contribution in [3.05, 3.63) is 58.0 Å². The van der Waals surface area contributed by atoms with Crippen molar-refractivity contribution in [2.24, 2.45) is 4.99 Å². The van der Waals surface area contributed by atoms with Gasteiger partial charge in [0, 0.05) is 12.1 Å². The maximum absolute atomic E-state index is 12.6. The maximum Gasteiger partial charge on any atom is 0.266 e. The second kappa shape index (κ2) is 8.50. The molecule has 1 fully saturated rings. The first kappa shape index (κ1) is 19.3. The molecule has 0 aromatic heterocycles. The molecule has 2 aromatic carbocycles. The number of aliphatic imine (C=N–C) groups is 1. The quantitative estimate of drug-likeness (QED) is 0.662. The number of hydrogen-bond donors (Lipinski definition) is 0. The number of amidine groups is 1. The summed E-state index contributed by atoms with van der Waals surface area (Å²) in [6.07, 6.45) is 1.83. The number of ether oxygens (including phenoxy) is 2. The first-order chi connectivity index (χ1) is 13.0. The molecule has 5 nitrogen and oxygen atoms in total. The maximum atomic E-state index is 12.6. The zero-order valence-electron chi connectivity index (χ0n) is 15.2. The molecule has 1 amide bonds. The van der Waals surface area contributed by atoms with Crippen LogP contribution in [0.25, 0.3) is 6.08 Å². The minimum absolute atomic E-state index is 0.0958. The van der Waals surface area contributed by atoms with E-state index in [1.54, 1.807) is 26.3 Å². The van der Waals surface area contributed by atoms with E-state index in [-0.39, 0.29) is 5.91 Å². The van der Waals surface area contributed by atoms with E-state index >= 15 is 0 Å². The minimum atomic E-state index is -0.0958. The van der Waals surface area contributed by atoms with Gasteiger partial charge in [0.15, 0.2) is 16.7 Å². The predicted octanol–water partition coefficient (Wildman–Crippen LogP) is 4.98. The number of halogens is 1. The molecule has 3 rings (SSSR count). The topological polar surface area (TPSA) is 51.1 Å². The molecule has 0 spiro atoms. The molecule has 1 saturated heterocycles. The van der Waals surface area contributed by atoms with Crippen LogP contribution in [0, 0.1) is 0 Å². The smallest absolute Gasteiger partial charge is 0.266 e. The highest BCUT2D eigenvalue weighted by Crippen LogP contribution is 2.35. The summed E-state index contributed by atoms with van der Waals surface area (Å²) < 4.78 is 10.9. The highest BCUT2D eigenvalue weighted by Gasteiger charge is 2.30. The lowest BCUT2D eigenvalue weighted by molar-refractivity contribution is -0.121. The Kier molecular flexibility index (Phi) is 6.08. The van der Waals surface area contributed by atoms with E-state index in [0.29, 0.717) is 33.2 Å². The van der Waals surface area contributed by atoms with Gasteiger partial charge >= 0.3 is 0 Å². The molecular weight excluding hydrogens is 384 g/mol. The van der Waals surface area contributed by atoms with Crippen LogP contribution >= 0.6 is 23.4 Å². The van der Waals surface area contributed by atoms with Gasteiger partial charge in [-0.2, -0.15) is 0 Å². The van der Waals surface area contributed by atoms with Crippen LogP contribution in [-0.2, 0) is 4.79 Å². The van der Waals surface area contributed by atoms with Gasteiger partial charge in [-0.3, -0.25) is 9.69 Å². The summed E-state index contributed by atoms with van der Waals surface area (Å²) in [5, 5.41) is 1.26. The summed E-state index contributed by atoms with van der Waals surface area (Å²) in [5.74, 6) is 1.21. The van der Waals surface area contributed by atoms with Gasteiger partial charge in [-0.25, -0.2) is 4.99 Å². The molecule has 0 aliphatic carbocycles. The fraction of sp³-hybridized carbons (Fsp3) is 0.200. The molecule has 0 N–H and O–H groups in total. The van der Waals surface area contributed by atoms with Gasteiger partial charge in [-0.15, -0.1) is 0 Å². The molecule has 0 unspecified atom stereocenters. The Morgan fingerprint density at radius 1 is 1.19 bits per heavy atom. The monoisotopic (exact) mass is 402 g/mol. The van der Waals surface area contributed by atoms with Gasteiger partial charge in [0.25, 0.3) is 5.91 Å². The minimum Gasteiger partial charge on any atom is -0.493 e. The first-order valence-corrected chi connectivity index (χ1v) is 9.54. The summed E-state index contributed by atoms with van der Waals surface area (Å²) in [4.78, 5) is 19.2. The Labute approximate surface area is 167 Å². The summed E-state index contributed by atoms with van der Waals surface area (Å²) >= 11 is 7.24. The number of methoxy groups -OCH3 is 1. The number of benzene rings is 2. The van der Waals surface area contributed by atoms with Crippen LogP contribution in [-0.4, -0.2) is 36.7 Å². The van der Waals surface area contributed by atoms with Crippen molar-refractivity contribution >= 4 is 46.2 Å². The highest BCUT2D eigenvalue weighted by molar-refractivity contribution is 8.18. The zero-order chi connectivity index (χ0) is 19.4. The lowest BCUT2D eigenvalue weighted by atomic mass is 10.2. The van der Waals surface area contributed by atoms with E-state index in [0.717, 1.165) is 11.3 Å². The number of likely N-dealkylation sites (N-methyl/N-ethyl adjacent to an activating group) is 1. The normalized spacial score (nSPS) is 17.0. The van der Waals surface area contributed by atoms with Crippen LogP contribution in [0.4, 0.5) is 5.69 Å². The summed E-state index contributed by atoms with van der Waals surface area (Å²) in [6.45, 7) is 2.44. The average molecular weight is 403 g/mol. The lowest BCUT2D eigenvalue weighted by Gasteiger charge is -2.09. The standard InChI is InChI=1S/C20H19ClN2O3S/c1-4-26-17-11-13(5-10-16(17)25-3)12-18-19(24)23(2)20(27-18)22-15-8-6-14(21)7-9-15/h5-12H,4H2,1-3H3/b18-12-,22-20?. The molecule has 27 heavy (non-hydrogen) atoms. The van der Waals surface area contributed by atoms with Crippen molar-refractivity contribution in [2.75, 3.05) is 20.8 Å². The number of carbonyl (C=O) groups is 1. The van der Waals surface area contributed by atoms with E-state index < -0.39 is 0 Å². The van der Waals surface area contributed by atoms with Crippen LogP contribution in [0.1, 0.15) is 12.5 Å². The Morgan fingerprint density at radius 2 is 1.93 bits per heavy atom. The summed E-state index contributed by atoms with van der Waals surface area (Å²) in [5.41, 5.74) is 1.60. The molecule has 0 bridgehead atoms. The van der Waals surface area contributed by atoms with E-state index in [2.05, 4.69) is 4.99 Å². The number of thioether (sulfide) groups is 1. The van der Waals surface area contributed by atoms with Crippen molar-refractivity contribution in [3.63, 3.8) is 0 Å². The van der Waals surface area contributed by atoms with Gasteiger partial charge < -0.3 is 9.47 Å². The molecule has 0 saturated carbocycles. The van der Waals surface area contributed by atoms with E-state index in [4.69, 9.17) is 21.1 Å². The average Bonchev–Trinajstić information content (AvgIpc) is 2.92. The van der Waals surface area contributed by atoms with Crippen molar-refractivity contribution < 1.29 is 14.3 Å². The molecule has 7 heteroatoms. The largest absolute Gasteiger partial charge is 0.493 e. The fourth-order valence-corrected chi connectivity index (χ4v) is 3.59. The molecule has 0 radical (unpaired) electrons. The van der Waals surface area contributed by atoms with E-state index in [1.807, 2.05) is 43.3 Å². The molecule has 1 heterocycles. The number of carbonyl (C=O) groups excluding carboxylic acids is 1. The molecule has 1 aliphatic rings. The third-order valence-corrected chi connectivity index (χ3v) is 5.15. The van der Waals surface area contributed by atoms with E-state index in [1.165, 1.54) is 16.7 Å². The van der Waals surface area contributed by atoms with Crippen LogP contribution < -0.4 is 9.47 Å². The zero-order valence-corrected chi connectivity index (χ0v) is 16.8. The van der Waals surface area contributed by atoms with E-state index in [9.17, 15) is 4.79 Å². The Bertz CT molecular complexity index is 910. The van der Waals surface area contributed by atoms with Crippen LogP contribution in [0.2, 0.25) is 5.02 Å². The highest BCUT2D eigenvalue weighted by atomic mass is 35.5. The summed E-state index contributed by atoms with van der Waals surface area (Å²) in [6, 6.07) is 12.7. The van der Waals surface area contributed by atoms with Gasteiger partial charge in [0.2, 0.25) is 0 Å². The molecule has 0 atom stereocenters. The van der Waals surface area contributed by atoms with Crippen LogP contribution in [0.3, 0.4) is 0 Å². The fourth-order valence-electron chi connectivity index (χ4n) is 2.48. The Hall–Kier alpha value is -2.44. The van der Waals surface area contributed by atoms with Crippen LogP contribution in [0.15, 0.2) is 52.4 Å². The Balaban J connectivity index is 1.88. The third-order valence-electron chi connectivity index (χ3n) is 3.84. The van der Waals surface area contributed by atoms with Crippen molar-refractivity contribution in [1.82, 2.24) is 4.90 Å². The van der Waals surface area contributed by atoms with Gasteiger partial charge in [0.1, 0.15) is 0 Å². The molecule has 140 valence electrons. The summed E-state index contributed by atoms with van der Waals surface area (Å²) in [7, 11) is 3.31. The van der Waals surface area contributed by atoms with Crippen LogP contribution in [0.5, 0.6) is 11.5 Å². The first-order valence-electron chi connectivity index (χ1n) is 8.34.